The summed E-state index contributed by atoms with van der Waals surface area (Å²) in [5.41, 5.74) is 2.95. The molecule has 1 aliphatic heterocycles. The molecule has 2 aromatic rings. The van der Waals surface area contributed by atoms with Crippen LogP contribution in [-0.2, 0) is 18.9 Å². The predicted octanol–water partition coefficient (Wildman–Crippen LogP) is 2.46. The Kier molecular flexibility index (Phi) is 11.7. The first-order valence-electron chi connectivity index (χ1n) is 12.8. The molecule has 212 valence electrons. The summed E-state index contributed by atoms with van der Waals surface area (Å²) in [5.74, 6) is -1.84. The molecule has 0 unspecified atom stereocenters. The molecule has 0 aliphatic carbocycles. The molecule has 3 rings (SSSR count). The fourth-order valence-corrected chi connectivity index (χ4v) is 4.04. The first-order chi connectivity index (χ1) is 19.3. The first-order valence-corrected chi connectivity index (χ1v) is 13.6. The number of hydrogen-bond acceptors (Lipinski definition) is 9. The van der Waals surface area contributed by atoms with Gasteiger partial charge in [-0.05, 0) is 0 Å². The van der Waals surface area contributed by atoms with Gasteiger partial charge in [0.15, 0.2) is 0 Å². The van der Waals surface area contributed by atoms with E-state index in [0.717, 1.165) is 12.8 Å². The zero-order valence-electron chi connectivity index (χ0n) is 22.0. The van der Waals surface area contributed by atoms with E-state index in [2.05, 4.69) is 26.2 Å². The summed E-state index contributed by atoms with van der Waals surface area (Å²) in [6, 6.07) is 8.87. The van der Waals surface area contributed by atoms with Crippen molar-refractivity contribution in [3.05, 3.63) is 42.1 Å². The molecule has 1 aromatic carbocycles. The molecule has 40 heavy (non-hydrogen) atoms. The molecular formula is C26H31N6O7P. The molecule has 2 heterocycles. The topological polar surface area (TPSA) is 171 Å². The number of benzene rings is 1. The third-order valence-corrected chi connectivity index (χ3v) is 6.28. The molecular weight excluding hydrogens is 539 g/mol. The van der Waals surface area contributed by atoms with E-state index < -0.39 is 37.8 Å². The van der Waals surface area contributed by atoms with Gasteiger partial charge in [-0.3, -0.25) is 0 Å². The molecule has 1 saturated heterocycles. The van der Waals surface area contributed by atoms with E-state index in [9.17, 15) is 23.7 Å². The Morgan fingerprint density at radius 3 is 2.45 bits per heavy atom. The van der Waals surface area contributed by atoms with Crippen molar-refractivity contribution in [2.24, 2.45) is 0 Å². The van der Waals surface area contributed by atoms with E-state index in [0.29, 0.717) is 12.2 Å². The average molecular weight is 571 g/mol. The van der Waals surface area contributed by atoms with Crippen molar-refractivity contribution in [2.45, 2.75) is 32.2 Å². The van der Waals surface area contributed by atoms with Crippen LogP contribution in [0.4, 0.5) is 10.6 Å². The Morgan fingerprint density at radius 2 is 1.80 bits per heavy atom. The summed E-state index contributed by atoms with van der Waals surface area (Å²) in [6.07, 6.45) is 1.07. The zero-order chi connectivity index (χ0) is 28.9. The van der Waals surface area contributed by atoms with Crippen molar-refractivity contribution in [2.75, 3.05) is 44.6 Å². The summed E-state index contributed by atoms with van der Waals surface area (Å²) in [6.45, 7) is 3.31. The number of ether oxygens (including phenoxy) is 1. The quantitative estimate of drug-likeness (QED) is 0.269. The van der Waals surface area contributed by atoms with E-state index in [1.807, 2.05) is 13.0 Å². The van der Waals surface area contributed by atoms with Crippen molar-refractivity contribution >= 4 is 37.6 Å². The Balaban J connectivity index is 1.72. The molecule has 13 nitrogen and oxygen atoms in total. The van der Waals surface area contributed by atoms with Crippen LogP contribution in [0.25, 0.3) is 11.4 Å². The number of carboxylic acid groups (broad SMARTS) is 1. The third kappa shape index (κ3) is 8.93. The molecule has 1 aliphatic rings. The van der Waals surface area contributed by atoms with Gasteiger partial charge in [0.1, 0.15) is 0 Å². The Hall–Kier alpha value is -4.21. The van der Waals surface area contributed by atoms with Gasteiger partial charge in [0, 0.05) is 0 Å². The summed E-state index contributed by atoms with van der Waals surface area (Å²) in [5, 5.41) is 14.3. The van der Waals surface area contributed by atoms with E-state index >= 15 is 0 Å². The molecule has 1 fully saturated rings. The number of carbonyl (C=O) groups is 4. The SMILES string of the molecule is CCCCOC(=O)N1CCN(C(=O)[C@H](C#P=O)NC(=O)c2cc(NCCC(=O)O)nc(-c3ccccc3)n2)CC1. The molecule has 1 aromatic heterocycles. The van der Waals surface area contributed by atoms with Gasteiger partial charge in [0.25, 0.3) is 0 Å². The molecule has 1 atom stereocenters. The van der Waals surface area contributed by atoms with E-state index in [1.165, 1.54) is 15.9 Å². The number of anilines is 1. The van der Waals surface area contributed by atoms with Gasteiger partial charge in [-0.15, -0.1) is 0 Å². The second-order valence-corrected chi connectivity index (χ2v) is 9.25. The fourth-order valence-electron chi connectivity index (χ4n) is 3.76. The van der Waals surface area contributed by atoms with E-state index in [-0.39, 0.29) is 56.5 Å². The second-order valence-electron chi connectivity index (χ2n) is 8.81. The van der Waals surface area contributed by atoms with Crippen LogP contribution >= 0.6 is 7.92 Å². The van der Waals surface area contributed by atoms with Crippen molar-refractivity contribution in [3.63, 3.8) is 0 Å². The van der Waals surface area contributed by atoms with Crippen LogP contribution < -0.4 is 10.6 Å². The summed E-state index contributed by atoms with van der Waals surface area (Å²) >= 11 is 0. The number of hydrogen-bond donors (Lipinski definition) is 3. The Bertz CT molecular complexity index is 1310. The molecule has 3 amide bonds. The molecule has 3 N–H and O–H groups in total. The van der Waals surface area contributed by atoms with E-state index in [1.54, 1.807) is 24.3 Å². The van der Waals surface area contributed by atoms with Gasteiger partial charge < -0.3 is 0 Å². The molecule has 0 bridgehead atoms. The van der Waals surface area contributed by atoms with Gasteiger partial charge in [-0.1, -0.05) is 6.92 Å². The normalized spacial score (nSPS) is 13.5. The Morgan fingerprint density at radius 1 is 1.10 bits per heavy atom. The monoisotopic (exact) mass is 570 g/mol. The third-order valence-electron chi connectivity index (χ3n) is 5.91. The van der Waals surface area contributed by atoms with Gasteiger partial charge in [-0.25, -0.2) is 0 Å². The maximum atomic E-state index is 13.2. The number of nitrogens with one attached hydrogen (secondary N) is 2. The van der Waals surface area contributed by atoms with Crippen LogP contribution in [0.5, 0.6) is 0 Å². The summed E-state index contributed by atoms with van der Waals surface area (Å²) < 4.78 is 16.6. The van der Waals surface area contributed by atoms with Gasteiger partial charge in [-0.2, -0.15) is 0 Å². The second kappa shape index (κ2) is 15.4. The number of aromatic nitrogens is 2. The van der Waals surface area contributed by atoms with Crippen molar-refractivity contribution < 1.29 is 33.6 Å². The van der Waals surface area contributed by atoms with Gasteiger partial charge in [0.2, 0.25) is 0 Å². The number of amides is 3. The molecule has 14 heteroatoms. The Labute approximate surface area is 232 Å². The number of carboxylic acids is 1. The number of carbonyl (C=O) groups excluding carboxylic acids is 3. The molecule has 0 saturated carbocycles. The van der Waals surface area contributed by atoms with Crippen LogP contribution in [0.15, 0.2) is 36.4 Å². The van der Waals surface area contributed by atoms with Gasteiger partial charge in [0.05, 0.1) is 0 Å². The van der Waals surface area contributed by atoms with E-state index in [4.69, 9.17) is 9.84 Å². The van der Waals surface area contributed by atoms with Gasteiger partial charge >= 0.3 is 225 Å². The summed E-state index contributed by atoms with van der Waals surface area (Å²) in [4.78, 5) is 61.1. The minimum absolute atomic E-state index is 0.0670. The summed E-state index contributed by atoms with van der Waals surface area (Å²) in [7, 11) is -0.579. The van der Waals surface area contributed by atoms with Crippen LogP contribution in [0.2, 0.25) is 0 Å². The average Bonchev–Trinajstić information content (AvgIpc) is 2.96. The molecule has 0 radical (unpaired) electrons. The van der Waals surface area contributed by atoms with Crippen LogP contribution in [-0.4, -0.2) is 94.1 Å². The van der Waals surface area contributed by atoms with Crippen LogP contribution in [0.1, 0.15) is 36.7 Å². The van der Waals surface area contributed by atoms with Crippen molar-refractivity contribution in [1.29, 1.82) is 0 Å². The minimum atomic E-state index is -1.34. The molecule has 0 spiro atoms. The number of rotatable bonds is 11. The first kappa shape index (κ1) is 30.3. The number of unbranched alkanes of at least 4 members (excludes halogenated alkanes) is 1. The number of piperazine rings is 1. The standard InChI is InChI=1S/C26H31N6O7P/c1-2-3-15-39-26(37)32-13-11-31(12-14-32)25(36)20(17-40-38)29-24(35)19-16-21(27-10-9-22(33)34)30-23(28-19)18-7-5-4-6-8-18/h4-8,16,20H,2-3,9-15H2,1H3,(H,29,35)(H,33,34)(H,27,28,30)/t20-/m0/s1. The van der Waals surface area contributed by atoms with Crippen molar-refractivity contribution in [1.82, 2.24) is 25.1 Å². The number of nitrogens with zero attached hydrogens (tertiary/aromatic N) is 4. The number of aliphatic carboxylic acids is 1. The van der Waals surface area contributed by atoms with Crippen molar-refractivity contribution in [3.8, 4) is 17.0 Å². The zero-order valence-corrected chi connectivity index (χ0v) is 22.9. The predicted molar refractivity (Wildman–Crippen MR) is 145 cm³/mol. The fraction of sp³-hybridized carbons (Fsp3) is 0.423. The van der Waals surface area contributed by atoms with Crippen LogP contribution in [0, 0.1) is 5.63 Å². The van der Waals surface area contributed by atoms with Crippen LogP contribution in [0.3, 0.4) is 0 Å². The maximum absolute atomic E-state index is 13.2.